The third kappa shape index (κ3) is 2.77. The van der Waals surface area contributed by atoms with Gasteiger partial charge in [0.25, 0.3) is 0 Å². The fourth-order valence-electron chi connectivity index (χ4n) is 3.15. The van der Waals surface area contributed by atoms with Crippen LogP contribution < -0.4 is 4.90 Å². The van der Waals surface area contributed by atoms with E-state index in [1.807, 2.05) is 55.5 Å². The smallest absolute Gasteiger partial charge is 0.193 e. The summed E-state index contributed by atoms with van der Waals surface area (Å²) in [6.45, 7) is 3.11. The molecule has 0 amide bonds. The molecule has 1 fully saturated rings. The van der Waals surface area contributed by atoms with Crippen molar-refractivity contribution >= 4 is 11.5 Å². The first-order chi connectivity index (χ1) is 10.7. The van der Waals surface area contributed by atoms with Crippen molar-refractivity contribution in [2.24, 2.45) is 0 Å². The molecule has 0 unspecified atom stereocenters. The minimum atomic E-state index is 0.0600. The molecule has 3 nitrogen and oxygen atoms in total. The van der Waals surface area contributed by atoms with Crippen LogP contribution in [-0.4, -0.2) is 30.1 Å². The summed E-state index contributed by atoms with van der Waals surface area (Å²) < 4.78 is 0. The Bertz CT molecular complexity index is 663. The Hall–Kier alpha value is -2.13. The van der Waals surface area contributed by atoms with Gasteiger partial charge in [-0.2, -0.15) is 0 Å². The summed E-state index contributed by atoms with van der Waals surface area (Å²) in [6, 6.07) is 15.6. The fraction of sp³-hybridized carbons (Fsp3) is 0.316. The maximum Gasteiger partial charge on any atom is 0.193 e. The predicted molar refractivity (Wildman–Crippen MR) is 88.5 cm³/mol. The molecular formula is C19H21NO2. The molecule has 1 N–H and O–H groups in total. The third-order valence-corrected chi connectivity index (χ3v) is 4.44. The van der Waals surface area contributed by atoms with E-state index in [4.69, 9.17) is 0 Å². The highest BCUT2D eigenvalue weighted by Gasteiger charge is 2.24. The Morgan fingerprint density at radius 2 is 1.91 bits per heavy atom. The molecule has 0 saturated carbocycles. The lowest BCUT2D eigenvalue weighted by molar-refractivity contribution is 0.103. The number of benzene rings is 2. The fourth-order valence-corrected chi connectivity index (χ4v) is 3.15. The number of carbonyl (C=O) groups excluding carboxylic acids is 1. The number of hydrogen-bond donors (Lipinski definition) is 1. The van der Waals surface area contributed by atoms with E-state index in [2.05, 4.69) is 4.90 Å². The van der Waals surface area contributed by atoms with Gasteiger partial charge in [-0.25, -0.2) is 0 Å². The van der Waals surface area contributed by atoms with E-state index in [9.17, 15) is 9.90 Å². The van der Waals surface area contributed by atoms with Gasteiger partial charge in [0.05, 0.1) is 12.6 Å². The molecule has 1 atom stereocenters. The predicted octanol–water partition coefficient (Wildman–Crippen LogP) is 3.19. The second-order valence-corrected chi connectivity index (χ2v) is 5.86. The molecule has 2 aromatic rings. The maximum absolute atomic E-state index is 12.6. The largest absolute Gasteiger partial charge is 0.394 e. The molecule has 114 valence electrons. The molecule has 3 heteroatoms. The van der Waals surface area contributed by atoms with Crippen molar-refractivity contribution < 1.29 is 9.90 Å². The first kappa shape index (κ1) is 14.8. The number of aliphatic hydroxyl groups excluding tert-OH is 1. The van der Waals surface area contributed by atoms with Gasteiger partial charge in [-0.3, -0.25) is 4.79 Å². The number of aliphatic hydroxyl groups is 1. The highest BCUT2D eigenvalue weighted by atomic mass is 16.3. The molecule has 1 saturated heterocycles. The summed E-state index contributed by atoms with van der Waals surface area (Å²) in [5.41, 5.74) is 3.54. The molecule has 0 spiro atoms. The summed E-state index contributed by atoms with van der Waals surface area (Å²) in [7, 11) is 0. The second kappa shape index (κ2) is 6.32. The van der Waals surface area contributed by atoms with Crippen LogP contribution in [-0.2, 0) is 0 Å². The Balaban J connectivity index is 1.83. The minimum absolute atomic E-state index is 0.0600. The number of ketones is 1. The van der Waals surface area contributed by atoms with E-state index >= 15 is 0 Å². The van der Waals surface area contributed by atoms with E-state index in [1.165, 1.54) is 0 Å². The molecule has 1 heterocycles. The van der Waals surface area contributed by atoms with Gasteiger partial charge in [0.2, 0.25) is 0 Å². The number of anilines is 1. The average molecular weight is 295 g/mol. The maximum atomic E-state index is 12.6. The van der Waals surface area contributed by atoms with Crippen LogP contribution in [0.2, 0.25) is 0 Å². The Morgan fingerprint density at radius 3 is 2.59 bits per heavy atom. The molecule has 0 aromatic heterocycles. The second-order valence-electron chi connectivity index (χ2n) is 5.86. The SMILES string of the molecule is Cc1ccccc1C(=O)c1ccc(N2CCC[C@H]2CO)cc1. The van der Waals surface area contributed by atoms with Crippen LogP contribution in [0, 0.1) is 6.92 Å². The molecule has 1 aliphatic rings. The zero-order chi connectivity index (χ0) is 15.5. The van der Waals surface area contributed by atoms with Gasteiger partial charge in [-0.15, -0.1) is 0 Å². The van der Waals surface area contributed by atoms with Crippen molar-refractivity contribution in [2.75, 3.05) is 18.1 Å². The van der Waals surface area contributed by atoms with Crippen molar-refractivity contribution in [3.63, 3.8) is 0 Å². The van der Waals surface area contributed by atoms with Crippen molar-refractivity contribution in [3.05, 3.63) is 65.2 Å². The van der Waals surface area contributed by atoms with E-state index in [-0.39, 0.29) is 18.4 Å². The summed E-state index contributed by atoms with van der Waals surface area (Å²) >= 11 is 0. The molecule has 1 aliphatic heterocycles. The quantitative estimate of drug-likeness (QED) is 0.881. The highest BCUT2D eigenvalue weighted by molar-refractivity contribution is 6.10. The van der Waals surface area contributed by atoms with Gasteiger partial charge in [0.1, 0.15) is 0 Å². The normalized spacial score (nSPS) is 17.7. The lowest BCUT2D eigenvalue weighted by Crippen LogP contribution is -2.31. The van der Waals surface area contributed by atoms with E-state index < -0.39 is 0 Å². The molecule has 2 aromatic carbocycles. The number of carbonyl (C=O) groups is 1. The Morgan fingerprint density at radius 1 is 1.18 bits per heavy atom. The van der Waals surface area contributed by atoms with Crippen LogP contribution in [0.3, 0.4) is 0 Å². The van der Waals surface area contributed by atoms with Gasteiger partial charge < -0.3 is 10.0 Å². The van der Waals surface area contributed by atoms with Crippen LogP contribution in [0.4, 0.5) is 5.69 Å². The number of aryl methyl sites for hydroxylation is 1. The van der Waals surface area contributed by atoms with Crippen molar-refractivity contribution in [1.82, 2.24) is 0 Å². The van der Waals surface area contributed by atoms with Crippen LogP contribution in [0.25, 0.3) is 0 Å². The molecule has 0 aliphatic carbocycles. The van der Waals surface area contributed by atoms with Crippen molar-refractivity contribution in [3.8, 4) is 0 Å². The van der Waals surface area contributed by atoms with Gasteiger partial charge in [-0.1, -0.05) is 24.3 Å². The van der Waals surface area contributed by atoms with E-state index in [0.29, 0.717) is 5.56 Å². The van der Waals surface area contributed by atoms with Gasteiger partial charge in [0, 0.05) is 23.4 Å². The summed E-state index contributed by atoms with van der Waals surface area (Å²) in [4.78, 5) is 14.8. The summed E-state index contributed by atoms with van der Waals surface area (Å²) in [5, 5.41) is 9.42. The number of hydrogen-bond acceptors (Lipinski definition) is 3. The highest BCUT2D eigenvalue weighted by Crippen LogP contribution is 2.26. The zero-order valence-corrected chi connectivity index (χ0v) is 12.8. The van der Waals surface area contributed by atoms with Crippen LogP contribution in [0.15, 0.2) is 48.5 Å². The number of rotatable bonds is 4. The van der Waals surface area contributed by atoms with Crippen LogP contribution in [0.1, 0.15) is 34.3 Å². The van der Waals surface area contributed by atoms with Crippen molar-refractivity contribution in [2.45, 2.75) is 25.8 Å². The first-order valence-corrected chi connectivity index (χ1v) is 7.78. The number of nitrogens with zero attached hydrogens (tertiary/aromatic N) is 1. The topological polar surface area (TPSA) is 40.5 Å². The lowest BCUT2D eigenvalue weighted by atomic mass is 9.99. The van der Waals surface area contributed by atoms with E-state index in [0.717, 1.165) is 36.2 Å². The molecule has 3 rings (SSSR count). The van der Waals surface area contributed by atoms with Crippen LogP contribution >= 0.6 is 0 Å². The monoisotopic (exact) mass is 295 g/mol. The molecule has 0 radical (unpaired) electrons. The molecule has 22 heavy (non-hydrogen) atoms. The van der Waals surface area contributed by atoms with Crippen LogP contribution in [0.5, 0.6) is 0 Å². The standard InChI is InChI=1S/C19H21NO2/c1-14-5-2-3-7-18(14)19(22)15-8-10-16(11-9-15)20-12-4-6-17(20)13-21/h2-3,5,7-11,17,21H,4,6,12-13H2,1H3/t17-/m0/s1. The molecular weight excluding hydrogens is 274 g/mol. The Labute approximate surface area is 131 Å². The first-order valence-electron chi connectivity index (χ1n) is 7.78. The van der Waals surface area contributed by atoms with Gasteiger partial charge in [-0.05, 0) is 49.6 Å². The van der Waals surface area contributed by atoms with E-state index in [1.54, 1.807) is 0 Å². The summed E-state index contributed by atoms with van der Waals surface area (Å²) in [5.74, 6) is 0.0600. The third-order valence-electron chi connectivity index (χ3n) is 4.44. The Kier molecular flexibility index (Phi) is 4.25. The lowest BCUT2D eigenvalue weighted by Gasteiger charge is -2.25. The van der Waals surface area contributed by atoms with Gasteiger partial charge >= 0.3 is 0 Å². The average Bonchev–Trinajstić information content (AvgIpc) is 3.03. The summed E-state index contributed by atoms with van der Waals surface area (Å²) in [6.07, 6.45) is 2.13. The van der Waals surface area contributed by atoms with Gasteiger partial charge in [0.15, 0.2) is 5.78 Å². The minimum Gasteiger partial charge on any atom is -0.394 e. The zero-order valence-electron chi connectivity index (χ0n) is 12.8. The molecule has 0 bridgehead atoms. The van der Waals surface area contributed by atoms with Crippen molar-refractivity contribution in [1.29, 1.82) is 0 Å².